The predicted molar refractivity (Wildman–Crippen MR) is 55.9 cm³/mol. The van der Waals surface area contributed by atoms with E-state index in [4.69, 9.17) is 9.84 Å². The summed E-state index contributed by atoms with van der Waals surface area (Å²) < 4.78 is 5.87. The first-order valence-corrected chi connectivity index (χ1v) is 4.73. The zero-order chi connectivity index (χ0) is 12.8. The lowest BCUT2D eigenvalue weighted by molar-refractivity contribution is -0.386. The SMILES string of the molecule is O=c1[nH]c(=O)n(CCOCCO)cc1[N+](=O)[O-]. The van der Waals surface area contributed by atoms with Crippen molar-refractivity contribution in [3.05, 3.63) is 37.1 Å². The fraction of sp³-hybridized carbons (Fsp3) is 0.500. The van der Waals surface area contributed by atoms with Crippen LogP contribution in [0.4, 0.5) is 5.69 Å². The summed E-state index contributed by atoms with van der Waals surface area (Å²) >= 11 is 0. The van der Waals surface area contributed by atoms with Crippen molar-refractivity contribution in [1.29, 1.82) is 0 Å². The first kappa shape index (κ1) is 13.1. The Balaban J connectivity index is 2.85. The van der Waals surface area contributed by atoms with E-state index in [0.717, 1.165) is 10.8 Å². The molecule has 0 fully saturated rings. The van der Waals surface area contributed by atoms with Crippen LogP contribution in [0.5, 0.6) is 0 Å². The van der Waals surface area contributed by atoms with Gasteiger partial charge in [-0.05, 0) is 0 Å². The molecule has 0 aliphatic heterocycles. The van der Waals surface area contributed by atoms with E-state index >= 15 is 0 Å². The summed E-state index contributed by atoms with van der Waals surface area (Å²) in [5.41, 5.74) is -2.48. The van der Waals surface area contributed by atoms with Gasteiger partial charge in [-0.2, -0.15) is 0 Å². The van der Waals surface area contributed by atoms with Crippen LogP contribution in [0.2, 0.25) is 0 Å². The Hall–Kier alpha value is -2.00. The van der Waals surface area contributed by atoms with Crippen LogP contribution < -0.4 is 11.2 Å². The Morgan fingerprint density at radius 3 is 2.76 bits per heavy atom. The van der Waals surface area contributed by atoms with Gasteiger partial charge < -0.3 is 9.84 Å². The summed E-state index contributed by atoms with van der Waals surface area (Å²) in [6.45, 7) is 0.112. The van der Waals surface area contributed by atoms with Crippen LogP contribution in [0.15, 0.2) is 15.8 Å². The van der Waals surface area contributed by atoms with E-state index in [1.54, 1.807) is 0 Å². The van der Waals surface area contributed by atoms with Gasteiger partial charge in [0.05, 0.1) is 37.5 Å². The second-order valence-electron chi connectivity index (χ2n) is 3.06. The Labute approximate surface area is 94.4 Å². The molecular formula is C8H11N3O6. The minimum atomic E-state index is -1.03. The molecule has 0 bridgehead atoms. The maximum atomic E-state index is 11.3. The van der Waals surface area contributed by atoms with E-state index < -0.39 is 21.9 Å². The summed E-state index contributed by atoms with van der Waals surface area (Å²) in [6.07, 6.45) is 0.865. The van der Waals surface area contributed by atoms with Crippen molar-refractivity contribution in [2.45, 2.75) is 6.54 Å². The highest BCUT2D eigenvalue weighted by Crippen LogP contribution is 1.98. The summed E-state index contributed by atoms with van der Waals surface area (Å²) in [6, 6.07) is 0. The molecular weight excluding hydrogens is 234 g/mol. The van der Waals surface area contributed by atoms with Gasteiger partial charge in [-0.25, -0.2) is 4.79 Å². The summed E-state index contributed by atoms with van der Waals surface area (Å²) in [4.78, 5) is 33.7. The van der Waals surface area contributed by atoms with Gasteiger partial charge in [0.15, 0.2) is 0 Å². The van der Waals surface area contributed by atoms with E-state index in [9.17, 15) is 19.7 Å². The van der Waals surface area contributed by atoms with Crippen molar-refractivity contribution in [2.24, 2.45) is 0 Å². The first-order valence-electron chi connectivity index (χ1n) is 4.73. The summed E-state index contributed by atoms with van der Waals surface area (Å²) in [5, 5.41) is 18.9. The molecule has 0 aromatic carbocycles. The molecule has 2 N–H and O–H groups in total. The molecule has 94 valence electrons. The smallest absolute Gasteiger partial charge is 0.350 e. The van der Waals surface area contributed by atoms with Gasteiger partial charge in [-0.3, -0.25) is 24.5 Å². The Morgan fingerprint density at radius 1 is 1.47 bits per heavy atom. The highest BCUT2D eigenvalue weighted by molar-refractivity contribution is 5.20. The van der Waals surface area contributed by atoms with Gasteiger partial charge in [0.2, 0.25) is 0 Å². The fourth-order valence-electron chi connectivity index (χ4n) is 1.12. The van der Waals surface area contributed by atoms with Gasteiger partial charge in [0, 0.05) is 0 Å². The van der Waals surface area contributed by atoms with E-state index in [1.807, 2.05) is 4.98 Å². The van der Waals surface area contributed by atoms with Crippen LogP contribution in [0, 0.1) is 10.1 Å². The number of aromatic amines is 1. The number of nitro groups is 1. The molecule has 9 nitrogen and oxygen atoms in total. The number of aliphatic hydroxyl groups is 1. The van der Waals surface area contributed by atoms with Crippen molar-refractivity contribution in [3.63, 3.8) is 0 Å². The normalized spacial score (nSPS) is 10.4. The minimum Gasteiger partial charge on any atom is -0.394 e. The fourth-order valence-corrected chi connectivity index (χ4v) is 1.12. The molecule has 17 heavy (non-hydrogen) atoms. The number of hydrogen-bond acceptors (Lipinski definition) is 6. The summed E-state index contributed by atoms with van der Waals surface area (Å²) in [7, 11) is 0. The van der Waals surface area contributed by atoms with Crippen molar-refractivity contribution in [2.75, 3.05) is 19.8 Å². The van der Waals surface area contributed by atoms with Crippen LogP contribution in [0.3, 0.4) is 0 Å². The Kier molecular flexibility index (Phi) is 4.55. The van der Waals surface area contributed by atoms with Crippen LogP contribution in [0.25, 0.3) is 0 Å². The third-order valence-corrected chi connectivity index (χ3v) is 1.90. The van der Waals surface area contributed by atoms with E-state index in [2.05, 4.69) is 0 Å². The molecule has 1 aromatic heterocycles. The number of nitrogens with zero attached hydrogens (tertiary/aromatic N) is 2. The molecule has 0 unspecified atom stereocenters. The maximum absolute atomic E-state index is 11.3. The Morgan fingerprint density at radius 2 is 2.18 bits per heavy atom. The lowest BCUT2D eigenvalue weighted by Crippen LogP contribution is -2.31. The maximum Gasteiger partial charge on any atom is 0.350 e. The third kappa shape index (κ3) is 3.50. The predicted octanol–water partition coefficient (Wildman–Crippen LogP) is -1.55. The Bertz CT molecular complexity index is 505. The highest BCUT2D eigenvalue weighted by Gasteiger charge is 2.14. The molecule has 0 amide bonds. The van der Waals surface area contributed by atoms with Crippen LogP contribution in [-0.4, -0.2) is 39.4 Å². The zero-order valence-electron chi connectivity index (χ0n) is 8.79. The molecule has 0 radical (unpaired) electrons. The van der Waals surface area contributed by atoms with E-state index in [0.29, 0.717) is 0 Å². The second kappa shape index (κ2) is 5.92. The van der Waals surface area contributed by atoms with E-state index in [-0.39, 0.29) is 26.4 Å². The molecule has 0 aliphatic rings. The van der Waals surface area contributed by atoms with Gasteiger partial charge >= 0.3 is 16.9 Å². The van der Waals surface area contributed by atoms with Gasteiger partial charge in [-0.15, -0.1) is 0 Å². The molecule has 0 saturated heterocycles. The number of nitrogens with one attached hydrogen (secondary N) is 1. The second-order valence-corrected chi connectivity index (χ2v) is 3.06. The van der Waals surface area contributed by atoms with E-state index in [1.165, 1.54) is 0 Å². The zero-order valence-corrected chi connectivity index (χ0v) is 8.79. The number of aliphatic hydroxyl groups excluding tert-OH is 1. The molecule has 0 spiro atoms. The van der Waals surface area contributed by atoms with Gasteiger partial charge in [0.25, 0.3) is 0 Å². The topological polar surface area (TPSA) is 127 Å². The van der Waals surface area contributed by atoms with Crippen molar-refractivity contribution in [1.82, 2.24) is 9.55 Å². The highest BCUT2D eigenvalue weighted by atomic mass is 16.6. The molecule has 0 saturated carbocycles. The number of ether oxygens (including phenoxy) is 1. The van der Waals surface area contributed by atoms with Crippen molar-refractivity contribution >= 4 is 5.69 Å². The monoisotopic (exact) mass is 245 g/mol. The largest absolute Gasteiger partial charge is 0.394 e. The van der Waals surface area contributed by atoms with Gasteiger partial charge in [-0.1, -0.05) is 0 Å². The van der Waals surface area contributed by atoms with Crippen LogP contribution >= 0.6 is 0 Å². The molecule has 1 heterocycles. The minimum absolute atomic E-state index is 0.0520. The standard InChI is InChI=1S/C8H11N3O6/c12-2-4-17-3-1-10-5-6(11(15)16)7(13)9-8(10)14/h5,12H,1-4H2,(H,9,13,14). The number of aromatic nitrogens is 2. The van der Waals surface area contributed by atoms with Crippen LogP contribution in [-0.2, 0) is 11.3 Å². The molecule has 1 aromatic rings. The number of rotatable bonds is 6. The van der Waals surface area contributed by atoms with Crippen LogP contribution in [0.1, 0.15) is 0 Å². The van der Waals surface area contributed by atoms with Crippen molar-refractivity contribution < 1.29 is 14.8 Å². The summed E-state index contributed by atoms with van der Waals surface area (Å²) in [5.74, 6) is 0. The third-order valence-electron chi connectivity index (χ3n) is 1.90. The molecule has 0 aliphatic carbocycles. The number of hydrogen-bond donors (Lipinski definition) is 2. The first-order chi connectivity index (χ1) is 8.06. The lowest BCUT2D eigenvalue weighted by atomic mass is 10.5. The molecule has 0 atom stereocenters. The van der Waals surface area contributed by atoms with Crippen molar-refractivity contribution in [3.8, 4) is 0 Å². The number of H-pyrrole nitrogens is 1. The average molecular weight is 245 g/mol. The molecule has 9 heteroatoms. The quantitative estimate of drug-likeness (QED) is 0.355. The van der Waals surface area contributed by atoms with Gasteiger partial charge in [0.1, 0.15) is 0 Å². The molecule has 1 rings (SSSR count). The average Bonchev–Trinajstić information content (AvgIpc) is 2.26. The lowest BCUT2D eigenvalue weighted by Gasteiger charge is -2.04.